The van der Waals surface area contributed by atoms with Gasteiger partial charge in [-0.15, -0.1) is 0 Å². The van der Waals surface area contributed by atoms with E-state index in [0.717, 1.165) is 48.1 Å². The van der Waals surface area contributed by atoms with Crippen molar-refractivity contribution >= 4 is 29.4 Å². The lowest BCUT2D eigenvalue weighted by atomic mass is 9.95. The molecule has 1 N–H and O–H groups in total. The van der Waals surface area contributed by atoms with Crippen LogP contribution in [0.5, 0.6) is 5.75 Å². The first-order chi connectivity index (χ1) is 17.8. The lowest BCUT2D eigenvalue weighted by molar-refractivity contribution is -0.137. The van der Waals surface area contributed by atoms with E-state index in [1.54, 1.807) is 30.0 Å². The molecule has 2 aliphatic rings. The van der Waals surface area contributed by atoms with Crippen LogP contribution in [0.4, 0.5) is 5.69 Å². The van der Waals surface area contributed by atoms with Crippen molar-refractivity contribution in [3.63, 3.8) is 0 Å². The van der Waals surface area contributed by atoms with Gasteiger partial charge in [0, 0.05) is 17.4 Å². The van der Waals surface area contributed by atoms with Crippen molar-refractivity contribution in [3.05, 3.63) is 76.1 Å². The van der Waals surface area contributed by atoms with Crippen LogP contribution in [0.15, 0.2) is 59.4 Å². The van der Waals surface area contributed by atoms with Crippen LogP contribution in [0, 0.1) is 13.8 Å². The van der Waals surface area contributed by atoms with Crippen molar-refractivity contribution in [2.45, 2.75) is 58.9 Å². The second-order valence-electron chi connectivity index (χ2n) is 9.75. The van der Waals surface area contributed by atoms with Crippen LogP contribution in [0.3, 0.4) is 0 Å². The number of ether oxygens (including phenoxy) is 2. The highest BCUT2D eigenvalue weighted by molar-refractivity contribution is 6.30. The van der Waals surface area contributed by atoms with E-state index in [9.17, 15) is 14.4 Å². The lowest BCUT2D eigenvalue weighted by Crippen LogP contribution is -2.38. The largest absolute Gasteiger partial charge is 0.484 e. The number of ketones is 1. The maximum absolute atomic E-state index is 13.3. The summed E-state index contributed by atoms with van der Waals surface area (Å²) in [5.74, 6) is -0.594. The Kier molecular flexibility index (Phi) is 8.11. The van der Waals surface area contributed by atoms with E-state index in [4.69, 9.17) is 9.47 Å². The quantitative estimate of drug-likeness (QED) is 0.326. The van der Waals surface area contributed by atoms with E-state index in [1.807, 2.05) is 38.1 Å². The minimum absolute atomic E-state index is 0.0249. The molecule has 1 aliphatic heterocycles. The normalized spacial score (nSPS) is 17.4. The molecule has 1 amide bonds. The van der Waals surface area contributed by atoms with Gasteiger partial charge in [-0.2, -0.15) is 0 Å². The zero-order valence-electron chi connectivity index (χ0n) is 21.9. The fourth-order valence-electron chi connectivity index (χ4n) is 5.05. The minimum Gasteiger partial charge on any atom is -0.484 e. The van der Waals surface area contributed by atoms with Crippen molar-refractivity contribution in [2.75, 3.05) is 18.6 Å². The Morgan fingerprint density at radius 2 is 1.65 bits per heavy atom. The molecule has 0 aromatic heterocycles. The Bertz CT molecular complexity index is 1230. The third kappa shape index (κ3) is 6.10. The number of nitrogens with one attached hydrogen (secondary N) is 1. The topological polar surface area (TPSA) is 84.9 Å². The predicted molar refractivity (Wildman–Crippen MR) is 143 cm³/mol. The van der Waals surface area contributed by atoms with Crippen molar-refractivity contribution in [1.82, 2.24) is 5.32 Å². The number of hydrogen-bond acceptors (Lipinski definition) is 6. The average Bonchev–Trinajstić information content (AvgIpc) is 3.12. The summed E-state index contributed by atoms with van der Waals surface area (Å²) in [5.41, 5.74) is 4.58. The molecule has 2 aromatic rings. The molecule has 1 heterocycles. The molecule has 0 atom stereocenters. The maximum Gasteiger partial charge on any atom is 0.343 e. The van der Waals surface area contributed by atoms with E-state index in [-0.39, 0.29) is 29.9 Å². The van der Waals surface area contributed by atoms with Gasteiger partial charge in [0.15, 0.2) is 6.61 Å². The summed E-state index contributed by atoms with van der Waals surface area (Å²) < 4.78 is 10.6. The molecule has 37 heavy (non-hydrogen) atoms. The van der Waals surface area contributed by atoms with Gasteiger partial charge in [0.2, 0.25) is 5.78 Å². The zero-order valence-corrected chi connectivity index (χ0v) is 21.9. The molecular weight excluding hydrogens is 468 g/mol. The first-order valence-corrected chi connectivity index (χ1v) is 12.7. The number of carbonyl (C=O) groups excluding carboxylic acids is 3. The van der Waals surface area contributed by atoms with Crippen LogP contribution in [0.1, 0.15) is 55.7 Å². The summed E-state index contributed by atoms with van der Waals surface area (Å²) in [6.45, 7) is 5.69. The highest BCUT2D eigenvalue weighted by Crippen LogP contribution is 2.36. The summed E-state index contributed by atoms with van der Waals surface area (Å²) in [5, 5.41) is 3.05. The zero-order chi connectivity index (χ0) is 26.5. The van der Waals surface area contributed by atoms with Crippen LogP contribution in [0.2, 0.25) is 0 Å². The number of rotatable bonds is 7. The van der Waals surface area contributed by atoms with E-state index in [2.05, 4.69) is 11.4 Å². The number of esters is 1. The summed E-state index contributed by atoms with van der Waals surface area (Å²) in [6, 6.07) is 13.4. The monoisotopic (exact) mass is 502 g/mol. The van der Waals surface area contributed by atoms with E-state index in [1.165, 1.54) is 13.5 Å². The van der Waals surface area contributed by atoms with Gasteiger partial charge >= 0.3 is 5.97 Å². The van der Waals surface area contributed by atoms with Gasteiger partial charge in [-0.1, -0.05) is 37.5 Å². The highest BCUT2D eigenvalue weighted by Gasteiger charge is 2.38. The van der Waals surface area contributed by atoms with Gasteiger partial charge in [-0.3, -0.25) is 9.59 Å². The first-order valence-electron chi connectivity index (χ1n) is 12.7. The molecule has 0 radical (unpaired) electrons. The molecule has 7 heteroatoms. The number of benzene rings is 2. The number of allylic oxidation sites excluding steroid dienone is 2. The van der Waals surface area contributed by atoms with Crippen LogP contribution < -0.4 is 15.0 Å². The van der Waals surface area contributed by atoms with Crippen molar-refractivity contribution < 1.29 is 23.9 Å². The standard InChI is InChI=1S/C30H34N2O5/c1-19-14-20(2)16-24(15-19)32-21(3)28(30(35)36-4)29(34)26(32)17-22-10-12-25(13-11-22)37-18-27(33)31-23-8-6-5-7-9-23/h10-17,23H,5-9,18H2,1-4H3,(H,31,33)/b26-17-. The first kappa shape index (κ1) is 26.2. The summed E-state index contributed by atoms with van der Waals surface area (Å²) in [6.07, 6.45) is 7.35. The Morgan fingerprint density at radius 3 is 2.27 bits per heavy atom. The molecule has 0 spiro atoms. The van der Waals surface area contributed by atoms with Crippen LogP contribution in [-0.2, 0) is 19.1 Å². The third-order valence-corrected chi connectivity index (χ3v) is 6.78. The third-order valence-electron chi connectivity index (χ3n) is 6.78. The summed E-state index contributed by atoms with van der Waals surface area (Å²) >= 11 is 0. The predicted octanol–water partition coefficient (Wildman–Crippen LogP) is 5.01. The Hall–Kier alpha value is -3.87. The molecule has 1 saturated carbocycles. The van der Waals surface area contributed by atoms with Gasteiger partial charge in [-0.25, -0.2) is 4.79 Å². The summed E-state index contributed by atoms with van der Waals surface area (Å²) in [4.78, 5) is 39.8. The number of methoxy groups -OCH3 is 1. The SMILES string of the molecule is COC(=O)C1=C(C)N(c2cc(C)cc(C)c2)/C(=C\c2ccc(OCC(=O)NC3CCCCC3)cc2)C1=O. The van der Waals surface area contributed by atoms with Gasteiger partial charge in [-0.05, 0) is 80.6 Å². The van der Waals surface area contributed by atoms with E-state index < -0.39 is 5.97 Å². The maximum atomic E-state index is 13.3. The fourth-order valence-corrected chi connectivity index (χ4v) is 5.05. The smallest absolute Gasteiger partial charge is 0.343 e. The number of anilines is 1. The molecule has 194 valence electrons. The Balaban J connectivity index is 1.53. The number of carbonyl (C=O) groups is 3. The highest BCUT2D eigenvalue weighted by atomic mass is 16.5. The molecule has 7 nitrogen and oxygen atoms in total. The van der Waals surface area contributed by atoms with Gasteiger partial charge in [0.05, 0.1) is 12.8 Å². The number of hydrogen-bond donors (Lipinski definition) is 1. The number of Topliss-reactive ketones (excluding diaryl/α,β-unsaturated/α-hetero) is 1. The second-order valence-corrected chi connectivity index (χ2v) is 9.75. The van der Waals surface area contributed by atoms with E-state index >= 15 is 0 Å². The second kappa shape index (κ2) is 11.5. The number of nitrogens with zero attached hydrogens (tertiary/aromatic N) is 1. The van der Waals surface area contributed by atoms with Gasteiger partial charge in [0.1, 0.15) is 11.3 Å². The van der Waals surface area contributed by atoms with Gasteiger partial charge < -0.3 is 19.7 Å². The van der Waals surface area contributed by atoms with Crippen LogP contribution in [0.25, 0.3) is 6.08 Å². The molecule has 0 bridgehead atoms. The number of amides is 1. The van der Waals surface area contributed by atoms with E-state index in [0.29, 0.717) is 17.1 Å². The van der Waals surface area contributed by atoms with Gasteiger partial charge in [0.25, 0.3) is 5.91 Å². The molecular formula is C30H34N2O5. The molecule has 4 rings (SSSR count). The van der Waals surface area contributed by atoms with Crippen LogP contribution >= 0.6 is 0 Å². The average molecular weight is 503 g/mol. The Morgan fingerprint density at radius 1 is 1.00 bits per heavy atom. The van der Waals surface area contributed by atoms with Crippen molar-refractivity contribution in [3.8, 4) is 5.75 Å². The summed E-state index contributed by atoms with van der Waals surface area (Å²) in [7, 11) is 1.27. The van der Waals surface area contributed by atoms with Crippen LogP contribution in [-0.4, -0.2) is 37.4 Å². The number of aryl methyl sites for hydroxylation is 2. The molecule has 1 aliphatic carbocycles. The Labute approximate surface area is 218 Å². The minimum atomic E-state index is -0.657. The molecule has 0 unspecified atom stereocenters. The molecule has 0 saturated heterocycles. The fraction of sp³-hybridized carbons (Fsp3) is 0.367. The molecule has 1 fully saturated rings. The molecule has 2 aromatic carbocycles. The lowest BCUT2D eigenvalue weighted by Gasteiger charge is -2.23. The van der Waals surface area contributed by atoms with Crippen molar-refractivity contribution in [1.29, 1.82) is 0 Å². The van der Waals surface area contributed by atoms with Crippen molar-refractivity contribution in [2.24, 2.45) is 0 Å².